The highest BCUT2D eigenvalue weighted by Gasteiger charge is 2.01. The van der Waals surface area contributed by atoms with Gasteiger partial charge in [0, 0.05) is 6.26 Å². The van der Waals surface area contributed by atoms with E-state index in [1.807, 2.05) is 6.92 Å². The largest absolute Gasteiger partial charge is 0.394 e. The highest BCUT2D eigenvalue weighted by atomic mass is 32.2. The molecule has 1 N–H and O–H groups in total. The molecule has 0 aliphatic rings. The van der Waals surface area contributed by atoms with Crippen LogP contribution in [-0.2, 0) is 20.0 Å². The van der Waals surface area contributed by atoms with Crippen LogP contribution in [0.15, 0.2) is 0 Å². The zero-order chi connectivity index (χ0) is 9.40. The summed E-state index contributed by atoms with van der Waals surface area (Å²) in [5.74, 6) is 0. The van der Waals surface area contributed by atoms with Crippen molar-refractivity contribution in [3.8, 4) is 0 Å². The lowest BCUT2D eigenvalue weighted by Gasteiger charge is -2.10. The highest BCUT2D eigenvalue weighted by molar-refractivity contribution is 7.79. The predicted octanol–water partition coefficient (Wildman–Crippen LogP) is 0.0840. The molecule has 0 saturated heterocycles. The second kappa shape index (κ2) is 7.67. The van der Waals surface area contributed by atoms with Crippen LogP contribution in [-0.4, -0.2) is 41.5 Å². The van der Waals surface area contributed by atoms with Crippen molar-refractivity contribution in [3.63, 3.8) is 0 Å². The van der Waals surface area contributed by atoms with Gasteiger partial charge in [0.1, 0.15) is 0 Å². The number of aliphatic hydroxyl groups is 1. The minimum Gasteiger partial charge on any atom is -0.394 e. The quantitative estimate of drug-likeness (QED) is 0.626. The molecule has 2 atom stereocenters. The first-order valence-corrected chi connectivity index (χ1v) is 5.34. The van der Waals surface area contributed by atoms with Gasteiger partial charge in [-0.3, -0.25) is 4.18 Å². The molecule has 0 heterocycles. The minimum atomic E-state index is -1.19. The van der Waals surface area contributed by atoms with Crippen molar-refractivity contribution >= 4 is 11.1 Å². The summed E-state index contributed by atoms with van der Waals surface area (Å²) >= 11 is -1.19. The molecule has 5 heteroatoms. The van der Waals surface area contributed by atoms with Crippen LogP contribution in [0, 0.1) is 0 Å². The highest BCUT2D eigenvalue weighted by Crippen LogP contribution is 1.97. The third kappa shape index (κ3) is 8.13. The lowest BCUT2D eigenvalue weighted by atomic mass is 10.3. The van der Waals surface area contributed by atoms with Crippen molar-refractivity contribution in [1.82, 2.24) is 0 Å². The Labute approximate surface area is 75.5 Å². The predicted molar refractivity (Wildman–Crippen MR) is 47.1 cm³/mol. The fourth-order valence-electron chi connectivity index (χ4n) is 0.669. The van der Waals surface area contributed by atoms with Crippen molar-refractivity contribution in [1.29, 1.82) is 0 Å². The zero-order valence-electron chi connectivity index (χ0n) is 7.49. The molecule has 0 aromatic carbocycles. The molecular formula is C7H16O4S. The Kier molecular flexibility index (Phi) is 7.69. The average molecular weight is 196 g/mol. The van der Waals surface area contributed by atoms with E-state index in [9.17, 15) is 4.21 Å². The first-order valence-electron chi connectivity index (χ1n) is 3.86. The fraction of sp³-hybridized carbons (Fsp3) is 1.00. The van der Waals surface area contributed by atoms with Crippen molar-refractivity contribution in [2.75, 3.05) is 26.1 Å². The monoisotopic (exact) mass is 196 g/mol. The van der Waals surface area contributed by atoms with E-state index < -0.39 is 11.1 Å². The second-order valence-corrected chi connectivity index (χ2v) is 3.46. The van der Waals surface area contributed by atoms with E-state index in [0.717, 1.165) is 0 Å². The van der Waals surface area contributed by atoms with Crippen LogP contribution in [0.5, 0.6) is 0 Å². The average Bonchev–Trinajstić information content (AvgIpc) is 2.00. The van der Waals surface area contributed by atoms with Gasteiger partial charge >= 0.3 is 0 Å². The van der Waals surface area contributed by atoms with Gasteiger partial charge in [0.2, 0.25) is 0 Å². The summed E-state index contributed by atoms with van der Waals surface area (Å²) in [5.41, 5.74) is 0. The molecule has 0 fully saturated rings. The SMILES string of the molecule is C[C@@H](CCOS(C)=O)OCCO. The van der Waals surface area contributed by atoms with Crippen molar-refractivity contribution in [3.05, 3.63) is 0 Å². The van der Waals surface area contributed by atoms with Crippen LogP contribution < -0.4 is 0 Å². The first-order chi connectivity index (χ1) is 5.66. The molecular weight excluding hydrogens is 180 g/mol. The molecule has 0 aromatic rings. The van der Waals surface area contributed by atoms with Gasteiger partial charge in [-0.2, -0.15) is 0 Å². The standard InChI is InChI=1S/C7H16O4S/c1-7(10-6-4-8)3-5-11-12(2)9/h7-8H,3-6H2,1-2H3/t7-,12?/m0/s1. The van der Waals surface area contributed by atoms with Crippen molar-refractivity contribution in [2.45, 2.75) is 19.4 Å². The third-order valence-corrected chi connectivity index (χ3v) is 1.77. The van der Waals surface area contributed by atoms with Crippen LogP contribution in [0.3, 0.4) is 0 Å². The Morgan fingerprint density at radius 1 is 1.50 bits per heavy atom. The van der Waals surface area contributed by atoms with Gasteiger partial charge < -0.3 is 9.84 Å². The van der Waals surface area contributed by atoms with Gasteiger partial charge in [-0.05, 0) is 13.3 Å². The number of hydrogen-bond donors (Lipinski definition) is 1. The van der Waals surface area contributed by atoms with E-state index in [4.69, 9.17) is 14.0 Å². The maximum atomic E-state index is 10.4. The Hall–Kier alpha value is 0.0300. The van der Waals surface area contributed by atoms with Gasteiger partial charge in [-0.1, -0.05) is 0 Å². The minimum absolute atomic E-state index is 0.0326. The zero-order valence-corrected chi connectivity index (χ0v) is 8.30. The van der Waals surface area contributed by atoms with E-state index in [0.29, 0.717) is 19.6 Å². The van der Waals surface area contributed by atoms with Crippen LogP contribution >= 0.6 is 0 Å². The summed E-state index contributed by atoms with van der Waals surface area (Å²) < 4.78 is 20.4. The topological polar surface area (TPSA) is 55.8 Å². The summed E-state index contributed by atoms with van der Waals surface area (Å²) in [4.78, 5) is 0. The molecule has 0 spiro atoms. The van der Waals surface area contributed by atoms with Crippen LogP contribution in [0.1, 0.15) is 13.3 Å². The van der Waals surface area contributed by atoms with E-state index in [1.165, 1.54) is 6.26 Å². The van der Waals surface area contributed by atoms with Gasteiger partial charge in [-0.25, -0.2) is 4.21 Å². The van der Waals surface area contributed by atoms with Gasteiger partial charge in [0.25, 0.3) is 0 Å². The van der Waals surface area contributed by atoms with Crippen LogP contribution in [0.2, 0.25) is 0 Å². The molecule has 0 aliphatic heterocycles. The van der Waals surface area contributed by atoms with Gasteiger partial charge in [-0.15, -0.1) is 0 Å². The lowest BCUT2D eigenvalue weighted by Crippen LogP contribution is -2.14. The molecule has 0 rings (SSSR count). The Bertz CT molecular complexity index is 129. The molecule has 12 heavy (non-hydrogen) atoms. The van der Waals surface area contributed by atoms with Crippen molar-refractivity contribution in [2.24, 2.45) is 0 Å². The van der Waals surface area contributed by atoms with Crippen LogP contribution in [0.4, 0.5) is 0 Å². The normalized spacial score (nSPS) is 15.9. The van der Waals surface area contributed by atoms with Gasteiger partial charge in [0.15, 0.2) is 11.1 Å². The molecule has 0 saturated carbocycles. The van der Waals surface area contributed by atoms with E-state index >= 15 is 0 Å². The van der Waals surface area contributed by atoms with Crippen LogP contribution in [0.25, 0.3) is 0 Å². The molecule has 0 amide bonds. The summed E-state index contributed by atoms with van der Waals surface area (Å²) in [6.45, 7) is 2.69. The molecule has 74 valence electrons. The van der Waals surface area contributed by atoms with E-state index in [1.54, 1.807) is 0 Å². The molecule has 4 nitrogen and oxygen atoms in total. The molecule has 0 radical (unpaired) electrons. The summed E-state index contributed by atoms with van der Waals surface area (Å²) in [5, 5.41) is 8.42. The maximum Gasteiger partial charge on any atom is 0.152 e. The fourth-order valence-corrected chi connectivity index (χ4v) is 1.000. The summed E-state index contributed by atoms with van der Waals surface area (Å²) in [6.07, 6.45) is 2.22. The summed E-state index contributed by atoms with van der Waals surface area (Å²) in [6, 6.07) is 0. The van der Waals surface area contributed by atoms with Crippen molar-refractivity contribution < 1.29 is 18.2 Å². The Morgan fingerprint density at radius 3 is 2.67 bits per heavy atom. The van der Waals surface area contributed by atoms with E-state index in [-0.39, 0.29) is 12.7 Å². The summed E-state index contributed by atoms with van der Waals surface area (Å²) in [7, 11) is 0. The molecule has 1 unspecified atom stereocenters. The number of aliphatic hydroxyl groups excluding tert-OH is 1. The molecule has 0 aromatic heterocycles. The third-order valence-electron chi connectivity index (χ3n) is 1.27. The number of rotatable bonds is 7. The first kappa shape index (κ1) is 12.0. The van der Waals surface area contributed by atoms with E-state index in [2.05, 4.69) is 0 Å². The Balaban J connectivity index is 3.19. The number of hydrogen-bond acceptors (Lipinski definition) is 4. The maximum absolute atomic E-state index is 10.4. The lowest BCUT2D eigenvalue weighted by molar-refractivity contribution is 0.0286. The molecule has 0 bridgehead atoms. The smallest absolute Gasteiger partial charge is 0.152 e. The number of ether oxygens (including phenoxy) is 1. The Morgan fingerprint density at radius 2 is 2.17 bits per heavy atom. The molecule has 0 aliphatic carbocycles. The van der Waals surface area contributed by atoms with Gasteiger partial charge in [0.05, 0.1) is 25.9 Å². The second-order valence-electron chi connectivity index (χ2n) is 2.42.